The van der Waals surface area contributed by atoms with Crippen LogP contribution >= 0.6 is 0 Å². The van der Waals surface area contributed by atoms with Crippen molar-refractivity contribution in [1.82, 2.24) is 20.5 Å². The van der Waals surface area contributed by atoms with Gasteiger partial charge in [0.2, 0.25) is 5.91 Å². The van der Waals surface area contributed by atoms with Crippen molar-refractivity contribution in [2.24, 2.45) is 17.1 Å². The van der Waals surface area contributed by atoms with Crippen molar-refractivity contribution in [3.05, 3.63) is 12.2 Å². The number of hydrogen-bond donors (Lipinski definition) is 3. The zero-order valence-corrected chi connectivity index (χ0v) is 11.5. The Hall–Kier alpha value is -1.43. The van der Waals surface area contributed by atoms with Crippen molar-refractivity contribution in [2.45, 2.75) is 39.0 Å². The summed E-state index contributed by atoms with van der Waals surface area (Å²) in [6.45, 7) is 3.25. The van der Waals surface area contributed by atoms with E-state index in [0.717, 1.165) is 31.5 Å². The summed E-state index contributed by atoms with van der Waals surface area (Å²) < 4.78 is 0. The Morgan fingerprint density at radius 1 is 1.58 bits per heavy atom. The zero-order valence-electron chi connectivity index (χ0n) is 11.5. The van der Waals surface area contributed by atoms with Gasteiger partial charge in [0.25, 0.3) is 0 Å². The Bertz CT molecular complexity index is 395. The summed E-state index contributed by atoms with van der Waals surface area (Å²) in [6, 6.07) is 0. The maximum atomic E-state index is 12.3. The Kier molecular flexibility index (Phi) is 4.52. The lowest BCUT2D eigenvalue weighted by atomic mass is 9.70. The molecule has 0 aliphatic heterocycles. The van der Waals surface area contributed by atoms with Gasteiger partial charge in [0, 0.05) is 19.5 Å². The van der Waals surface area contributed by atoms with Crippen LogP contribution in [0.5, 0.6) is 0 Å². The summed E-state index contributed by atoms with van der Waals surface area (Å²) in [5, 5.41) is 9.55. The number of amides is 1. The Morgan fingerprint density at radius 2 is 2.32 bits per heavy atom. The molecule has 1 aliphatic rings. The number of nitrogens with two attached hydrogens (primary N) is 1. The number of H-pyrrole nitrogens is 1. The number of aromatic nitrogens is 3. The summed E-state index contributed by atoms with van der Waals surface area (Å²) in [5.41, 5.74) is 5.51. The Labute approximate surface area is 113 Å². The van der Waals surface area contributed by atoms with E-state index in [1.165, 1.54) is 6.33 Å². The van der Waals surface area contributed by atoms with Crippen LogP contribution < -0.4 is 11.1 Å². The topological polar surface area (TPSA) is 96.7 Å². The Morgan fingerprint density at radius 3 is 2.89 bits per heavy atom. The first kappa shape index (κ1) is 14.0. The van der Waals surface area contributed by atoms with Gasteiger partial charge in [-0.25, -0.2) is 4.98 Å². The molecule has 0 bridgehead atoms. The molecule has 0 radical (unpaired) electrons. The average molecular weight is 265 g/mol. The highest BCUT2D eigenvalue weighted by atomic mass is 16.2. The predicted molar refractivity (Wildman–Crippen MR) is 72.2 cm³/mol. The van der Waals surface area contributed by atoms with Gasteiger partial charge in [-0.1, -0.05) is 6.92 Å². The average Bonchev–Trinajstić information content (AvgIpc) is 2.93. The quantitative estimate of drug-likeness (QED) is 0.727. The molecule has 1 aromatic heterocycles. The Balaban J connectivity index is 1.83. The van der Waals surface area contributed by atoms with Crippen molar-refractivity contribution in [3.8, 4) is 0 Å². The fourth-order valence-corrected chi connectivity index (χ4v) is 2.67. The molecule has 0 aromatic carbocycles. The monoisotopic (exact) mass is 265 g/mol. The molecule has 1 aliphatic carbocycles. The summed E-state index contributed by atoms with van der Waals surface area (Å²) in [5.74, 6) is 1.60. The third kappa shape index (κ3) is 3.32. The zero-order chi connectivity index (χ0) is 13.7. The van der Waals surface area contributed by atoms with Crippen LogP contribution in [0.25, 0.3) is 0 Å². The van der Waals surface area contributed by atoms with E-state index in [1.54, 1.807) is 0 Å². The molecule has 4 N–H and O–H groups in total. The fourth-order valence-electron chi connectivity index (χ4n) is 2.67. The van der Waals surface area contributed by atoms with Crippen LogP contribution in [0.4, 0.5) is 0 Å². The van der Waals surface area contributed by atoms with Crippen LogP contribution in [0.2, 0.25) is 0 Å². The molecule has 1 heterocycles. The normalized spacial score (nSPS) is 27.2. The van der Waals surface area contributed by atoms with E-state index in [4.69, 9.17) is 5.73 Å². The second-order valence-electron chi connectivity index (χ2n) is 5.61. The molecular formula is C13H23N5O. The van der Waals surface area contributed by atoms with Crippen LogP contribution in [0.1, 0.15) is 38.4 Å². The lowest BCUT2D eigenvalue weighted by molar-refractivity contribution is -0.132. The SMILES string of the molecule is CC1CCC(CN)(C(=O)NCCc2ncn[nH]2)CC1. The first-order valence-electron chi connectivity index (χ1n) is 6.99. The summed E-state index contributed by atoms with van der Waals surface area (Å²) in [6.07, 6.45) is 6.13. The minimum absolute atomic E-state index is 0.0985. The molecule has 6 nitrogen and oxygen atoms in total. The van der Waals surface area contributed by atoms with E-state index in [9.17, 15) is 4.79 Å². The van der Waals surface area contributed by atoms with Crippen LogP contribution in [-0.2, 0) is 11.2 Å². The van der Waals surface area contributed by atoms with E-state index >= 15 is 0 Å². The fraction of sp³-hybridized carbons (Fsp3) is 0.769. The van der Waals surface area contributed by atoms with Gasteiger partial charge in [-0.2, -0.15) is 5.10 Å². The third-order valence-corrected chi connectivity index (χ3v) is 4.22. The van der Waals surface area contributed by atoms with Crippen molar-refractivity contribution < 1.29 is 4.79 Å². The predicted octanol–water partition coefficient (Wildman–Crippen LogP) is 0.619. The third-order valence-electron chi connectivity index (χ3n) is 4.22. The minimum atomic E-state index is -0.353. The standard InChI is InChI=1S/C13H23N5O/c1-10-2-5-13(8-14,6-3-10)12(19)15-7-4-11-16-9-17-18-11/h9-10H,2-8,14H2,1H3,(H,15,19)(H,16,17,18). The molecule has 1 fully saturated rings. The first-order chi connectivity index (χ1) is 9.16. The van der Waals surface area contributed by atoms with Gasteiger partial charge in [0.15, 0.2) is 0 Å². The molecular weight excluding hydrogens is 242 g/mol. The highest BCUT2D eigenvalue weighted by Crippen LogP contribution is 2.38. The maximum Gasteiger partial charge on any atom is 0.227 e. The van der Waals surface area contributed by atoms with Gasteiger partial charge in [-0.3, -0.25) is 9.89 Å². The van der Waals surface area contributed by atoms with Crippen LogP contribution in [0.15, 0.2) is 6.33 Å². The lowest BCUT2D eigenvalue weighted by Crippen LogP contribution is -2.48. The van der Waals surface area contributed by atoms with E-state index in [1.807, 2.05) is 0 Å². The smallest absolute Gasteiger partial charge is 0.227 e. The molecule has 0 saturated heterocycles. The van der Waals surface area contributed by atoms with Crippen LogP contribution in [0.3, 0.4) is 0 Å². The number of hydrogen-bond acceptors (Lipinski definition) is 4. The van der Waals surface area contributed by atoms with Crippen LogP contribution in [0, 0.1) is 11.3 Å². The molecule has 0 unspecified atom stereocenters. The van der Waals surface area contributed by atoms with E-state index in [-0.39, 0.29) is 11.3 Å². The van der Waals surface area contributed by atoms with Crippen molar-refractivity contribution >= 4 is 5.91 Å². The number of nitrogens with zero attached hydrogens (tertiary/aromatic N) is 2. The van der Waals surface area contributed by atoms with Gasteiger partial charge < -0.3 is 11.1 Å². The van der Waals surface area contributed by atoms with Crippen molar-refractivity contribution in [3.63, 3.8) is 0 Å². The molecule has 0 spiro atoms. The van der Waals surface area contributed by atoms with E-state index < -0.39 is 0 Å². The van der Waals surface area contributed by atoms with Gasteiger partial charge in [-0.15, -0.1) is 0 Å². The molecule has 0 atom stereocenters. The number of carbonyl (C=O) groups is 1. The molecule has 2 rings (SSSR count). The number of nitrogens with one attached hydrogen (secondary N) is 2. The van der Waals surface area contributed by atoms with Gasteiger partial charge in [0.05, 0.1) is 5.41 Å². The van der Waals surface area contributed by atoms with Gasteiger partial charge in [-0.05, 0) is 31.6 Å². The molecule has 6 heteroatoms. The molecule has 1 aromatic rings. The van der Waals surface area contributed by atoms with Gasteiger partial charge >= 0.3 is 0 Å². The highest BCUT2D eigenvalue weighted by Gasteiger charge is 2.39. The summed E-state index contributed by atoms with van der Waals surface area (Å²) in [7, 11) is 0. The molecule has 19 heavy (non-hydrogen) atoms. The summed E-state index contributed by atoms with van der Waals surface area (Å²) in [4.78, 5) is 16.4. The van der Waals surface area contributed by atoms with E-state index in [0.29, 0.717) is 25.4 Å². The number of rotatable bonds is 5. The van der Waals surface area contributed by atoms with Crippen molar-refractivity contribution in [2.75, 3.05) is 13.1 Å². The summed E-state index contributed by atoms with van der Waals surface area (Å²) >= 11 is 0. The molecule has 1 saturated carbocycles. The second kappa shape index (κ2) is 6.14. The number of carbonyl (C=O) groups excluding carboxylic acids is 1. The molecule has 106 valence electrons. The van der Waals surface area contributed by atoms with Gasteiger partial charge in [0.1, 0.15) is 12.2 Å². The van der Waals surface area contributed by atoms with Crippen LogP contribution in [-0.4, -0.2) is 34.2 Å². The van der Waals surface area contributed by atoms with E-state index in [2.05, 4.69) is 27.4 Å². The maximum absolute atomic E-state index is 12.3. The highest BCUT2D eigenvalue weighted by molar-refractivity contribution is 5.83. The van der Waals surface area contributed by atoms with Crippen molar-refractivity contribution in [1.29, 1.82) is 0 Å². The number of aromatic amines is 1. The largest absolute Gasteiger partial charge is 0.355 e. The molecule has 1 amide bonds. The lowest BCUT2D eigenvalue weighted by Gasteiger charge is -2.37. The second-order valence-corrected chi connectivity index (χ2v) is 5.61. The minimum Gasteiger partial charge on any atom is -0.355 e. The first-order valence-corrected chi connectivity index (χ1v) is 6.99.